The summed E-state index contributed by atoms with van der Waals surface area (Å²) in [6.07, 6.45) is -2.65. The highest BCUT2D eigenvalue weighted by Gasteiger charge is 2.33. The Hall–Kier alpha value is -4.04. The van der Waals surface area contributed by atoms with Gasteiger partial charge < -0.3 is 4.74 Å². The zero-order valence-electron chi connectivity index (χ0n) is 19.2. The number of ether oxygens (including phenoxy) is 1. The minimum Gasteiger partial charge on any atom is -0.457 e. The van der Waals surface area contributed by atoms with Crippen LogP contribution in [0.2, 0.25) is 0 Å². The van der Waals surface area contributed by atoms with Crippen LogP contribution in [0.25, 0.3) is 22.2 Å². The lowest BCUT2D eigenvalue weighted by Crippen LogP contribution is -2.07. The van der Waals surface area contributed by atoms with Gasteiger partial charge in [-0.05, 0) is 55.3 Å². The molecule has 0 amide bonds. The van der Waals surface area contributed by atoms with E-state index in [9.17, 15) is 26.0 Å². The van der Waals surface area contributed by atoms with Crippen molar-refractivity contribution in [1.29, 1.82) is 5.26 Å². The molecule has 1 aromatic heterocycles. The van der Waals surface area contributed by atoms with Crippen LogP contribution in [0.15, 0.2) is 71.9 Å². The van der Waals surface area contributed by atoms with Crippen LogP contribution in [-0.2, 0) is 16.0 Å². The van der Waals surface area contributed by atoms with Crippen molar-refractivity contribution < 1.29 is 30.7 Å². The van der Waals surface area contributed by atoms with Crippen LogP contribution in [0.4, 0.5) is 17.6 Å². The lowest BCUT2D eigenvalue weighted by atomic mass is 10.0. The van der Waals surface area contributed by atoms with E-state index < -0.39 is 27.4 Å². The van der Waals surface area contributed by atoms with Crippen molar-refractivity contribution >= 4 is 20.7 Å². The number of para-hydroxylation sites is 1. The number of nitriles is 1. The highest BCUT2D eigenvalue weighted by atomic mass is 32.2. The fraction of sp³-hybridized carbons (Fsp3) is 0.192. The molecule has 0 aliphatic carbocycles. The van der Waals surface area contributed by atoms with Gasteiger partial charge in [0.25, 0.3) is 0 Å². The highest BCUT2D eigenvalue weighted by molar-refractivity contribution is 7.91. The number of rotatable bonds is 8. The van der Waals surface area contributed by atoms with Crippen LogP contribution in [0.3, 0.4) is 0 Å². The fourth-order valence-corrected chi connectivity index (χ4v) is 5.16. The van der Waals surface area contributed by atoms with Crippen LogP contribution in [0, 0.1) is 17.1 Å². The van der Waals surface area contributed by atoms with E-state index in [0.717, 1.165) is 18.5 Å². The van der Waals surface area contributed by atoms with Crippen LogP contribution < -0.4 is 4.74 Å². The molecule has 3 aromatic carbocycles. The average Bonchev–Trinajstić information content (AvgIpc) is 2.87. The summed E-state index contributed by atoms with van der Waals surface area (Å²) in [5.41, 5.74) is -1.48. The van der Waals surface area contributed by atoms with Crippen molar-refractivity contribution in [1.82, 2.24) is 9.97 Å². The molecule has 0 N–H and O–H groups in total. The number of sulfone groups is 1. The van der Waals surface area contributed by atoms with E-state index in [4.69, 9.17) is 10.00 Å². The van der Waals surface area contributed by atoms with E-state index in [-0.39, 0.29) is 50.7 Å². The Morgan fingerprint density at radius 1 is 0.946 bits per heavy atom. The van der Waals surface area contributed by atoms with Gasteiger partial charge in [-0.1, -0.05) is 18.2 Å². The largest absolute Gasteiger partial charge is 0.457 e. The number of aromatic nitrogens is 2. The number of hydrogen-bond donors (Lipinski definition) is 0. The van der Waals surface area contributed by atoms with Crippen LogP contribution in [-0.4, -0.2) is 24.1 Å². The second-order valence-electron chi connectivity index (χ2n) is 8.07. The number of hydrogen-bond acceptors (Lipinski definition) is 6. The second kappa shape index (κ2) is 10.5. The van der Waals surface area contributed by atoms with Crippen molar-refractivity contribution in [2.75, 3.05) is 5.75 Å². The molecule has 1 heterocycles. The third kappa shape index (κ3) is 5.86. The zero-order valence-corrected chi connectivity index (χ0v) is 20.0. The molecule has 0 radical (unpaired) electrons. The van der Waals surface area contributed by atoms with Crippen LogP contribution in [0.5, 0.6) is 11.5 Å². The zero-order chi connectivity index (χ0) is 26.6. The topological polar surface area (TPSA) is 92.9 Å². The Morgan fingerprint density at radius 3 is 2.46 bits per heavy atom. The SMILES string of the molecule is N#CCCCCS(=O)(=O)c1cccc(Oc2ccc(F)c(-c3ncnc4c(C(F)(F)F)cccc34)c2)c1. The van der Waals surface area contributed by atoms with Crippen molar-refractivity contribution in [3.8, 4) is 28.8 Å². The Bertz CT molecular complexity index is 1600. The normalized spacial score (nSPS) is 11.9. The minimum atomic E-state index is -4.66. The summed E-state index contributed by atoms with van der Waals surface area (Å²) >= 11 is 0. The average molecular weight is 530 g/mol. The van der Waals surface area contributed by atoms with Gasteiger partial charge in [-0.3, -0.25) is 0 Å². The summed E-state index contributed by atoms with van der Waals surface area (Å²) in [6, 6.07) is 14.9. The first-order valence-corrected chi connectivity index (χ1v) is 12.7. The van der Waals surface area contributed by atoms with Gasteiger partial charge in [0.05, 0.1) is 33.5 Å². The van der Waals surface area contributed by atoms with Gasteiger partial charge in [-0.25, -0.2) is 22.8 Å². The maximum Gasteiger partial charge on any atom is 0.418 e. The molecule has 0 bridgehead atoms. The quantitative estimate of drug-likeness (QED) is 0.186. The van der Waals surface area contributed by atoms with E-state index in [1.807, 2.05) is 6.07 Å². The van der Waals surface area contributed by atoms with Gasteiger partial charge in [0.15, 0.2) is 9.84 Å². The maximum atomic E-state index is 14.8. The number of fused-ring (bicyclic) bond motifs is 1. The van der Waals surface area contributed by atoms with Gasteiger partial charge >= 0.3 is 6.18 Å². The van der Waals surface area contributed by atoms with Gasteiger partial charge in [0.2, 0.25) is 0 Å². The smallest absolute Gasteiger partial charge is 0.418 e. The van der Waals surface area contributed by atoms with Gasteiger partial charge in [-0.15, -0.1) is 0 Å². The maximum absolute atomic E-state index is 14.8. The molecule has 0 aliphatic heterocycles. The molecule has 0 fully saturated rings. The minimum absolute atomic E-state index is 0.0119. The lowest BCUT2D eigenvalue weighted by Gasteiger charge is -2.13. The molecule has 6 nitrogen and oxygen atoms in total. The molecular formula is C26H19F4N3O3S. The first kappa shape index (κ1) is 26.0. The van der Waals surface area contributed by atoms with Crippen molar-refractivity contribution in [2.45, 2.75) is 30.3 Å². The molecular weight excluding hydrogens is 510 g/mol. The molecule has 0 aliphatic rings. The summed E-state index contributed by atoms with van der Waals surface area (Å²) in [6.45, 7) is 0. The van der Waals surface area contributed by atoms with Gasteiger partial charge in [0, 0.05) is 17.4 Å². The Balaban J connectivity index is 1.66. The first-order valence-electron chi connectivity index (χ1n) is 11.1. The fourth-order valence-electron chi connectivity index (χ4n) is 3.76. The number of unbranched alkanes of at least 4 members (excludes halogenated alkanes) is 2. The number of alkyl halides is 3. The third-order valence-corrected chi connectivity index (χ3v) is 7.31. The first-order chi connectivity index (χ1) is 17.6. The van der Waals surface area contributed by atoms with E-state index in [1.165, 1.54) is 48.5 Å². The van der Waals surface area contributed by atoms with E-state index in [1.54, 1.807) is 0 Å². The standard InChI is InChI=1S/C26H19F4N3O3S/c27-23-11-10-18(36-17-6-4-7-19(14-17)37(34,35)13-3-1-2-12-31)15-21(23)24-20-8-5-9-22(26(28,29)30)25(20)33-16-32-24/h4-11,14-16H,1-3,13H2. The summed E-state index contributed by atoms with van der Waals surface area (Å²) in [5.74, 6) is -0.570. The lowest BCUT2D eigenvalue weighted by molar-refractivity contribution is -0.136. The molecule has 0 saturated heterocycles. The number of benzene rings is 3. The van der Waals surface area contributed by atoms with E-state index >= 15 is 0 Å². The van der Waals surface area contributed by atoms with Crippen molar-refractivity contribution in [2.24, 2.45) is 0 Å². The highest BCUT2D eigenvalue weighted by Crippen LogP contribution is 2.37. The number of nitrogens with zero attached hydrogens (tertiary/aromatic N) is 3. The van der Waals surface area contributed by atoms with E-state index in [0.29, 0.717) is 12.8 Å². The summed E-state index contributed by atoms with van der Waals surface area (Å²) in [4.78, 5) is 7.82. The van der Waals surface area contributed by atoms with Crippen molar-refractivity contribution in [3.05, 3.63) is 78.4 Å². The Kier molecular flexibility index (Phi) is 7.40. The molecule has 190 valence electrons. The molecule has 0 spiro atoms. The molecule has 11 heteroatoms. The molecule has 0 unspecified atom stereocenters. The summed E-state index contributed by atoms with van der Waals surface area (Å²) in [5, 5.41) is 8.62. The van der Waals surface area contributed by atoms with Crippen LogP contribution >= 0.6 is 0 Å². The molecule has 4 aromatic rings. The molecule has 4 rings (SSSR count). The Morgan fingerprint density at radius 2 is 1.70 bits per heavy atom. The molecule has 37 heavy (non-hydrogen) atoms. The van der Waals surface area contributed by atoms with E-state index in [2.05, 4.69) is 9.97 Å². The summed E-state index contributed by atoms with van der Waals surface area (Å²) in [7, 11) is -3.61. The summed E-state index contributed by atoms with van der Waals surface area (Å²) < 4.78 is 86.2. The Labute approximate surface area is 210 Å². The molecule has 0 atom stereocenters. The monoisotopic (exact) mass is 529 g/mol. The van der Waals surface area contributed by atoms with Gasteiger partial charge in [0.1, 0.15) is 23.6 Å². The van der Waals surface area contributed by atoms with Gasteiger partial charge in [-0.2, -0.15) is 18.4 Å². The van der Waals surface area contributed by atoms with Crippen LogP contribution in [0.1, 0.15) is 24.8 Å². The third-order valence-electron chi connectivity index (χ3n) is 5.52. The van der Waals surface area contributed by atoms with Crippen molar-refractivity contribution in [3.63, 3.8) is 0 Å². The predicted octanol–water partition coefficient (Wildman–Crippen LogP) is 6.71. The number of halogens is 4. The molecule has 0 saturated carbocycles. The predicted molar refractivity (Wildman–Crippen MR) is 128 cm³/mol. The second-order valence-corrected chi connectivity index (χ2v) is 10.2.